The lowest BCUT2D eigenvalue weighted by Crippen LogP contribution is -2.71. The molecule has 5 rings (SSSR count). The van der Waals surface area contributed by atoms with Crippen molar-refractivity contribution in [1.29, 1.82) is 0 Å². The predicted molar refractivity (Wildman–Crippen MR) is 136 cm³/mol. The molecular weight excluding hydrogens is 534 g/mol. The van der Waals surface area contributed by atoms with E-state index in [0.29, 0.717) is 11.3 Å². The number of aromatic nitrogens is 3. The van der Waals surface area contributed by atoms with Gasteiger partial charge in [0.05, 0.1) is 24.5 Å². The van der Waals surface area contributed by atoms with Crippen LogP contribution in [0.4, 0.5) is 5.13 Å². The van der Waals surface area contributed by atoms with E-state index in [1.54, 1.807) is 5.38 Å². The topological polar surface area (TPSA) is 168 Å². The number of thioether (sulfide) groups is 1. The summed E-state index contributed by atoms with van der Waals surface area (Å²) in [6.07, 6.45) is 5.59. The molecule has 2 aliphatic heterocycles. The maximum absolute atomic E-state index is 13.1. The molecular formula is C23H23N7O6S2. The third-order valence-electron chi connectivity index (χ3n) is 5.97. The van der Waals surface area contributed by atoms with Crippen molar-refractivity contribution < 1.29 is 33.5 Å². The first-order valence-electron chi connectivity index (χ1n) is 11.4. The number of nitrogen functional groups attached to an aromatic ring is 1. The Labute approximate surface area is 224 Å². The molecule has 3 aromatic rings. The summed E-state index contributed by atoms with van der Waals surface area (Å²) >= 11 is 2.48. The van der Waals surface area contributed by atoms with E-state index in [1.807, 2.05) is 45.8 Å². The number of imidazole rings is 1. The number of rotatable bonds is 10. The number of aliphatic carboxylic acids is 1. The molecule has 0 unspecified atom stereocenters. The van der Waals surface area contributed by atoms with Crippen LogP contribution in [0.5, 0.6) is 0 Å². The number of nitrogens with zero attached hydrogens (tertiary/aromatic N) is 5. The number of nitrogens with one attached hydrogen (secondary N) is 1. The van der Waals surface area contributed by atoms with E-state index >= 15 is 0 Å². The summed E-state index contributed by atoms with van der Waals surface area (Å²) in [5.74, 6) is -2.37. The maximum Gasteiger partial charge on any atom is 0.286 e. The summed E-state index contributed by atoms with van der Waals surface area (Å²) in [5, 5.41) is 19.8. The molecule has 38 heavy (non-hydrogen) atoms. The number of fused-ring (bicyclic) bond motifs is 2. The van der Waals surface area contributed by atoms with Gasteiger partial charge in [0.1, 0.15) is 42.7 Å². The number of carbonyl (C=O) groups is 3. The molecule has 0 saturated carbocycles. The van der Waals surface area contributed by atoms with Gasteiger partial charge >= 0.3 is 0 Å². The molecule has 2 amide bonds. The minimum atomic E-state index is -1.45. The number of ether oxygens (including phenoxy) is 1. The molecule has 2 atom stereocenters. The number of hydrogen-bond acceptors (Lipinski definition) is 11. The fraction of sp³-hybridized carbons (Fsp3) is 0.304. The highest BCUT2D eigenvalue weighted by Gasteiger charge is 2.53. The van der Waals surface area contributed by atoms with Crippen molar-refractivity contribution in [2.75, 3.05) is 31.8 Å². The lowest BCUT2D eigenvalue weighted by Gasteiger charge is -2.50. The SMILES string of the molecule is COCCO/N=C(\C(=O)N[C@@H]1C(=O)N2C(C(=O)[O-])=C(Cn3cc[n+]4ccccc34)CS[C@H]12)c1csc(N)n1. The van der Waals surface area contributed by atoms with E-state index in [-0.39, 0.29) is 42.0 Å². The zero-order valence-electron chi connectivity index (χ0n) is 20.1. The number of amides is 2. The van der Waals surface area contributed by atoms with Crippen molar-refractivity contribution in [3.05, 3.63) is 59.1 Å². The maximum atomic E-state index is 13.1. The summed E-state index contributed by atoms with van der Waals surface area (Å²) in [5.41, 5.74) is 6.97. The molecule has 0 aromatic carbocycles. The fourth-order valence-electron chi connectivity index (χ4n) is 4.22. The first kappa shape index (κ1) is 25.7. The van der Waals surface area contributed by atoms with Crippen LogP contribution in [-0.4, -0.2) is 75.4 Å². The Morgan fingerprint density at radius 3 is 2.92 bits per heavy atom. The molecule has 0 bridgehead atoms. The van der Waals surface area contributed by atoms with Crippen LogP contribution >= 0.6 is 23.1 Å². The molecule has 3 aromatic heterocycles. The van der Waals surface area contributed by atoms with Crippen molar-refractivity contribution in [2.24, 2.45) is 5.16 Å². The van der Waals surface area contributed by atoms with Crippen LogP contribution in [0, 0.1) is 0 Å². The molecule has 0 aliphatic carbocycles. The number of methoxy groups -OCH3 is 1. The molecule has 0 spiro atoms. The van der Waals surface area contributed by atoms with E-state index in [1.165, 1.54) is 23.8 Å². The summed E-state index contributed by atoms with van der Waals surface area (Å²) in [6.45, 7) is 0.620. The van der Waals surface area contributed by atoms with Crippen LogP contribution in [0.3, 0.4) is 0 Å². The fourth-order valence-corrected chi connectivity index (χ4v) is 6.10. The van der Waals surface area contributed by atoms with Crippen LogP contribution in [0.2, 0.25) is 0 Å². The number of nitrogens with two attached hydrogens (primary N) is 1. The monoisotopic (exact) mass is 557 g/mol. The second kappa shape index (κ2) is 10.8. The second-order valence-electron chi connectivity index (χ2n) is 8.33. The summed E-state index contributed by atoms with van der Waals surface area (Å²) in [7, 11) is 1.50. The first-order chi connectivity index (χ1) is 18.4. The number of carboxylic acid groups (broad SMARTS) is 1. The van der Waals surface area contributed by atoms with Crippen molar-refractivity contribution in [3.8, 4) is 0 Å². The van der Waals surface area contributed by atoms with Gasteiger partial charge in [-0.2, -0.15) is 0 Å². The number of thiazole rings is 1. The minimum absolute atomic E-state index is 0.0965. The molecule has 1 saturated heterocycles. The van der Waals surface area contributed by atoms with Crippen molar-refractivity contribution in [1.82, 2.24) is 19.8 Å². The van der Waals surface area contributed by atoms with Crippen LogP contribution in [0.25, 0.3) is 5.65 Å². The molecule has 2 aliphatic rings. The molecule has 1 fully saturated rings. The van der Waals surface area contributed by atoms with Crippen LogP contribution < -0.4 is 20.6 Å². The molecule has 3 N–H and O–H groups in total. The second-order valence-corrected chi connectivity index (χ2v) is 10.3. The minimum Gasteiger partial charge on any atom is -0.543 e. The zero-order valence-corrected chi connectivity index (χ0v) is 21.7. The average Bonchev–Trinajstić information content (AvgIpc) is 3.52. The summed E-state index contributed by atoms with van der Waals surface area (Å²) < 4.78 is 8.72. The molecule has 15 heteroatoms. The average molecular weight is 558 g/mol. The van der Waals surface area contributed by atoms with Gasteiger partial charge in [-0.05, 0) is 6.07 Å². The zero-order chi connectivity index (χ0) is 26.8. The number of β-lactam (4-membered cyclic amide) rings is 1. The Bertz CT molecular complexity index is 1470. The van der Waals surface area contributed by atoms with E-state index in [9.17, 15) is 19.5 Å². The smallest absolute Gasteiger partial charge is 0.286 e. The van der Waals surface area contributed by atoms with Crippen LogP contribution in [0.15, 0.2) is 58.6 Å². The summed E-state index contributed by atoms with van der Waals surface area (Å²) in [4.78, 5) is 48.8. The Morgan fingerprint density at radius 1 is 1.34 bits per heavy atom. The van der Waals surface area contributed by atoms with Gasteiger partial charge < -0.3 is 30.5 Å². The number of anilines is 1. The molecule has 5 heterocycles. The van der Waals surface area contributed by atoms with Crippen molar-refractivity contribution >= 4 is 57.4 Å². The van der Waals surface area contributed by atoms with Gasteiger partial charge in [-0.15, -0.1) is 23.1 Å². The highest BCUT2D eigenvalue weighted by molar-refractivity contribution is 8.00. The number of oxime groups is 1. The quantitative estimate of drug-likeness (QED) is 0.102. The van der Waals surface area contributed by atoms with Crippen molar-refractivity contribution in [2.45, 2.75) is 18.0 Å². The lowest BCUT2D eigenvalue weighted by atomic mass is 10.0. The standard InChI is InChI=1S/C23H23N7O6S2/c1-35-8-9-36-27-16(14-12-38-23(24)25-14)19(31)26-17-20(32)30-18(22(33)34)13(11-37-21(17)30)10-29-7-6-28-5-3-2-4-15(28)29/h2-7,12,17,21H,8-11H2,1H3,(H3-,24,25,26,31,33,34)/b27-16-/t17-,21-/m1/s1. The normalized spacial score (nSPS) is 19.3. The van der Waals surface area contributed by atoms with Crippen molar-refractivity contribution in [3.63, 3.8) is 0 Å². The largest absolute Gasteiger partial charge is 0.543 e. The van der Waals surface area contributed by atoms with E-state index in [4.69, 9.17) is 15.3 Å². The molecule has 0 radical (unpaired) electrons. The Morgan fingerprint density at radius 2 is 2.18 bits per heavy atom. The van der Waals surface area contributed by atoms with Crippen LogP contribution in [0.1, 0.15) is 5.69 Å². The van der Waals surface area contributed by atoms with Gasteiger partial charge in [0.25, 0.3) is 17.5 Å². The Balaban J connectivity index is 1.34. The van der Waals surface area contributed by atoms with Gasteiger partial charge in [-0.3, -0.25) is 14.5 Å². The van der Waals surface area contributed by atoms with Gasteiger partial charge in [-0.25, -0.2) is 14.0 Å². The van der Waals surface area contributed by atoms with E-state index < -0.39 is 29.2 Å². The van der Waals surface area contributed by atoms with Crippen LogP contribution in [-0.2, 0) is 30.5 Å². The molecule has 13 nitrogen and oxygen atoms in total. The van der Waals surface area contributed by atoms with E-state index in [0.717, 1.165) is 17.0 Å². The third-order valence-corrected chi connectivity index (χ3v) is 7.99. The highest BCUT2D eigenvalue weighted by Crippen LogP contribution is 2.40. The predicted octanol–water partition coefficient (Wildman–Crippen LogP) is -1.26. The highest BCUT2D eigenvalue weighted by atomic mass is 32.2. The number of carbonyl (C=O) groups excluding carboxylic acids is 3. The number of hydrogen-bond donors (Lipinski definition) is 2. The van der Waals surface area contributed by atoms with Gasteiger partial charge in [0.15, 0.2) is 10.8 Å². The number of carboxylic acids is 1. The number of pyridine rings is 1. The lowest BCUT2D eigenvalue weighted by molar-refractivity contribution is -0.510. The Hall–Kier alpha value is -3.95. The molecule has 198 valence electrons. The van der Waals surface area contributed by atoms with Gasteiger partial charge in [0, 0.05) is 29.9 Å². The third kappa shape index (κ3) is 4.82. The Kier molecular flexibility index (Phi) is 7.31. The van der Waals surface area contributed by atoms with Gasteiger partial charge in [-0.1, -0.05) is 11.2 Å². The summed E-state index contributed by atoms with van der Waals surface area (Å²) in [6, 6.07) is 4.72. The van der Waals surface area contributed by atoms with Gasteiger partial charge in [0.2, 0.25) is 0 Å². The first-order valence-corrected chi connectivity index (χ1v) is 13.4. The van der Waals surface area contributed by atoms with E-state index in [2.05, 4.69) is 15.5 Å².